The van der Waals surface area contributed by atoms with E-state index in [0.717, 1.165) is 57.6 Å². The van der Waals surface area contributed by atoms with E-state index in [9.17, 15) is 4.79 Å². The van der Waals surface area contributed by atoms with Crippen LogP contribution in [-0.4, -0.2) is 74.6 Å². The molecule has 0 aromatic heterocycles. The van der Waals surface area contributed by atoms with Crippen molar-refractivity contribution in [1.29, 1.82) is 0 Å². The van der Waals surface area contributed by atoms with Crippen molar-refractivity contribution in [1.82, 2.24) is 20.4 Å². The Morgan fingerprint density at radius 1 is 1.13 bits per heavy atom. The van der Waals surface area contributed by atoms with Crippen LogP contribution in [0.3, 0.4) is 0 Å². The van der Waals surface area contributed by atoms with Crippen molar-refractivity contribution in [2.75, 3.05) is 52.9 Å². The quantitative estimate of drug-likeness (QED) is 0.307. The van der Waals surface area contributed by atoms with Crippen LogP contribution >= 0.6 is 24.0 Å². The highest BCUT2D eigenvalue weighted by atomic mass is 127. The maximum atomic E-state index is 11.4. The summed E-state index contributed by atoms with van der Waals surface area (Å²) in [6.07, 6.45) is 0. The highest BCUT2D eigenvalue weighted by Crippen LogP contribution is 2.18. The Morgan fingerprint density at radius 2 is 1.77 bits per heavy atom. The molecule has 0 spiro atoms. The molecule has 1 aromatic carbocycles. The van der Waals surface area contributed by atoms with E-state index in [-0.39, 0.29) is 35.9 Å². The van der Waals surface area contributed by atoms with Gasteiger partial charge in [-0.3, -0.25) is 14.7 Å². The van der Waals surface area contributed by atoms with E-state index in [0.29, 0.717) is 5.92 Å². The number of benzene rings is 1. The lowest BCUT2D eigenvalue weighted by Crippen LogP contribution is -2.50. The summed E-state index contributed by atoms with van der Waals surface area (Å²) >= 11 is 0. The summed E-state index contributed by atoms with van der Waals surface area (Å²) in [5.41, 5.74) is 1.19. The number of aliphatic imine (C=N–C) groups is 1. The van der Waals surface area contributed by atoms with Crippen LogP contribution in [0.15, 0.2) is 29.3 Å². The van der Waals surface area contributed by atoms with E-state index in [4.69, 9.17) is 4.74 Å². The summed E-state index contributed by atoms with van der Waals surface area (Å²) in [6, 6.07) is 8.36. The number of halogens is 1. The first-order valence-corrected chi connectivity index (χ1v) is 10.6. The number of ether oxygens (including phenoxy) is 1. The van der Waals surface area contributed by atoms with Crippen molar-refractivity contribution in [3.63, 3.8) is 0 Å². The van der Waals surface area contributed by atoms with E-state index >= 15 is 0 Å². The molecule has 30 heavy (non-hydrogen) atoms. The van der Waals surface area contributed by atoms with Crippen molar-refractivity contribution >= 4 is 35.8 Å². The van der Waals surface area contributed by atoms with Gasteiger partial charge < -0.3 is 20.3 Å². The summed E-state index contributed by atoms with van der Waals surface area (Å²) < 4.78 is 5.75. The van der Waals surface area contributed by atoms with Gasteiger partial charge in [-0.15, -0.1) is 24.0 Å². The van der Waals surface area contributed by atoms with Crippen LogP contribution < -0.4 is 15.4 Å². The Hall–Kier alpha value is -1.55. The van der Waals surface area contributed by atoms with Gasteiger partial charge in [-0.2, -0.15) is 0 Å². The molecule has 1 aliphatic rings. The normalized spacial score (nSPS) is 16.1. The zero-order valence-corrected chi connectivity index (χ0v) is 21.3. The number of hydrogen-bond acceptors (Lipinski definition) is 4. The largest absolute Gasteiger partial charge is 0.493 e. The van der Waals surface area contributed by atoms with Gasteiger partial charge in [0.25, 0.3) is 0 Å². The second kappa shape index (κ2) is 13.7. The fourth-order valence-electron chi connectivity index (χ4n) is 3.22. The van der Waals surface area contributed by atoms with Crippen LogP contribution in [0.4, 0.5) is 0 Å². The molecule has 0 aliphatic carbocycles. The topological polar surface area (TPSA) is 69.2 Å². The first-order chi connectivity index (χ1) is 13.9. The predicted octanol–water partition coefficient (Wildman–Crippen LogP) is 2.73. The molecule has 0 saturated carbocycles. The lowest BCUT2D eigenvalue weighted by atomic mass is 10.1. The van der Waals surface area contributed by atoms with E-state index in [1.54, 1.807) is 14.0 Å². The van der Waals surface area contributed by atoms with Crippen molar-refractivity contribution in [3.8, 4) is 5.75 Å². The van der Waals surface area contributed by atoms with Crippen LogP contribution in [0.1, 0.15) is 39.3 Å². The first kappa shape index (κ1) is 26.5. The number of guanidine groups is 1. The minimum absolute atomic E-state index is 0. The average molecular weight is 531 g/mol. The fourth-order valence-corrected chi connectivity index (χ4v) is 3.22. The molecule has 0 radical (unpaired) electrons. The van der Waals surface area contributed by atoms with Gasteiger partial charge in [0, 0.05) is 53.2 Å². The van der Waals surface area contributed by atoms with Crippen LogP contribution in [0.5, 0.6) is 5.75 Å². The third-order valence-corrected chi connectivity index (χ3v) is 5.08. The molecular weight excluding hydrogens is 493 g/mol. The number of piperazine rings is 1. The predicted molar refractivity (Wildman–Crippen MR) is 134 cm³/mol. The monoisotopic (exact) mass is 531 g/mol. The molecule has 0 bridgehead atoms. The number of nitrogens with one attached hydrogen (secondary N) is 2. The Balaban J connectivity index is 0.00000450. The molecule has 8 heteroatoms. The molecule has 1 atom stereocenters. The molecule has 1 aromatic rings. The summed E-state index contributed by atoms with van der Waals surface area (Å²) in [4.78, 5) is 20.0. The molecule has 1 heterocycles. The van der Waals surface area contributed by atoms with Gasteiger partial charge in [-0.05, 0) is 30.5 Å². The number of carbonyl (C=O) groups is 1. The first-order valence-electron chi connectivity index (χ1n) is 10.6. The molecule has 1 aliphatic heterocycles. The summed E-state index contributed by atoms with van der Waals surface area (Å²) in [6.45, 7) is 14.0. The smallest absolute Gasteiger partial charge is 0.219 e. The zero-order chi connectivity index (χ0) is 21.2. The molecule has 2 N–H and O–H groups in total. The molecule has 170 valence electrons. The van der Waals surface area contributed by atoms with E-state index < -0.39 is 0 Å². The summed E-state index contributed by atoms with van der Waals surface area (Å²) in [5.74, 6) is 2.38. The maximum Gasteiger partial charge on any atom is 0.219 e. The van der Waals surface area contributed by atoms with Crippen LogP contribution in [0.25, 0.3) is 0 Å². The zero-order valence-electron chi connectivity index (χ0n) is 19.0. The molecule has 1 unspecified atom stereocenters. The number of amides is 1. The van der Waals surface area contributed by atoms with Gasteiger partial charge >= 0.3 is 0 Å². The van der Waals surface area contributed by atoms with Crippen LogP contribution in [0.2, 0.25) is 0 Å². The highest BCUT2D eigenvalue weighted by molar-refractivity contribution is 14.0. The molecule has 1 amide bonds. The van der Waals surface area contributed by atoms with E-state index in [1.807, 2.05) is 17.0 Å². The average Bonchev–Trinajstić information content (AvgIpc) is 2.72. The molecule has 1 fully saturated rings. The SMILES string of the molecule is CN=C(NCCN1CCN(C(C)=O)CC1)NC(C)c1ccc(OCC(C)C)cc1.I. The maximum absolute atomic E-state index is 11.4. The van der Waals surface area contributed by atoms with Crippen molar-refractivity contribution in [2.24, 2.45) is 10.9 Å². The summed E-state index contributed by atoms with van der Waals surface area (Å²) in [5, 5.41) is 6.83. The third-order valence-electron chi connectivity index (χ3n) is 5.08. The van der Waals surface area contributed by atoms with Gasteiger partial charge in [0.15, 0.2) is 5.96 Å². The Bertz CT molecular complexity index is 658. The second-order valence-electron chi connectivity index (χ2n) is 7.99. The number of nitrogens with zero attached hydrogens (tertiary/aromatic N) is 3. The van der Waals surface area contributed by atoms with Crippen LogP contribution in [-0.2, 0) is 4.79 Å². The fraction of sp³-hybridized carbons (Fsp3) is 0.636. The molecule has 7 nitrogen and oxygen atoms in total. The van der Waals surface area contributed by atoms with Gasteiger partial charge in [0.05, 0.1) is 12.6 Å². The second-order valence-corrected chi connectivity index (χ2v) is 7.99. The molecule has 2 rings (SSSR count). The van der Waals surface area contributed by atoms with E-state index in [2.05, 4.69) is 53.4 Å². The summed E-state index contributed by atoms with van der Waals surface area (Å²) in [7, 11) is 1.79. The minimum Gasteiger partial charge on any atom is -0.493 e. The number of carbonyl (C=O) groups excluding carboxylic acids is 1. The number of rotatable bonds is 8. The Kier molecular flexibility index (Phi) is 12.1. The van der Waals surface area contributed by atoms with Gasteiger partial charge in [0.2, 0.25) is 5.91 Å². The van der Waals surface area contributed by atoms with Gasteiger partial charge in [-0.1, -0.05) is 26.0 Å². The van der Waals surface area contributed by atoms with Crippen LogP contribution in [0, 0.1) is 5.92 Å². The Labute approximate surface area is 198 Å². The molecular formula is C22H38IN5O2. The van der Waals surface area contributed by atoms with Crippen molar-refractivity contribution in [2.45, 2.75) is 33.7 Å². The molecule has 1 saturated heterocycles. The minimum atomic E-state index is 0. The lowest BCUT2D eigenvalue weighted by Gasteiger charge is -2.34. The van der Waals surface area contributed by atoms with Crippen molar-refractivity contribution in [3.05, 3.63) is 29.8 Å². The standard InChI is InChI=1S/C22H37N5O2.HI/c1-17(2)16-29-21-8-6-20(7-9-21)18(3)25-22(23-5)24-10-11-26-12-14-27(15-13-26)19(4)28;/h6-9,17-18H,10-16H2,1-5H3,(H2,23,24,25);1H. The van der Waals surface area contributed by atoms with Gasteiger partial charge in [0.1, 0.15) is 5.75 Å². The van der Waals surface area contributed by atoms with Gasteiger partial charge in [-0.25, -0.2) is 0 Å². The number of hydrogen-bond donors (Lipinski definition) is 2. The lowest BCUT2D eigenvalue weighted by molar-refractivity contribution is -0.130. The highest BCUT2D eigenvalue weighted by Gasteiger charge is 2.18. The van der Waals surface area contributed by atoms with E-state index in [1.165, 1.54) is 5.56 Å². The third kappa shape index (κ3) is 9.07. The Morgan fingerprint density at radius 3 is 2.30 bits per heavy atom. The van der Waals surface area contributed by atoms with Crippen molar-refractivity contribution < 1.29 is 9.53 Å².